The lowest BCUT2D eigenvalue weighted by Crippen LogP contribution is -2.44. The van der Waals surface area contributed by atoms with Crippen LogP contribution in [0.3, 0.4) is 0 Å². The van der Waals surface area contributed by atoms with Gasteiger partial charge in [0.25, 0.3) is 0 Å². The van der Waals surface area contributed by atoms with E-state index in [0.717, 1.165) is 25.7 Å². The van der Waals surface area contributed by atoms with Crippen LogP contribution in [0.5, 0.6) is 0 Å². The van der Waals surface area contributed by atoms with Gasteiger partial charge in [-0.2, -0.15) is 0 Å². The van der Waals surface area contributed by atoms with Crippen LogP contribution in [0.4, 0.5) is 0 Å². The highest BCUT2D eigenvalue weighted by Crippen LogP contribution is 2.26. The van der Waals surface area contributed by atoms with E-state index in [1.165, 1.54) is 6.42 Å². The number of aliphatic hydroxyl groups is 1. The molecule has 0 saturated heterocycles. The molecule has 0 aromatic rings. The van der Waals surface area contributed by atoms with Gasteiger partial charge in [-0.05, 0) is 12.8 Å². The lowest BCUT2D eigenvalue weighted by molar-refractivity contribution is -0.117. The van der Waals surface area contributed by atoms with Crippen molar-refractivity contribution in [2.45, 2.75) is 37.7 Å². The first-order valence-electron chi connectivity index (χ1n) is 4.84. The lowest BCUT2D eigenvalue weighted by atomic mass is 9.85. The van der Waals surface area contributed by atoms with Crippen LogP contribution in [-0.2, 0) is 4.79 Å². The van der Waals surface area contributed by atoms with Crippen molar-refractivity contribution >= 4 is 5.91 Å². The number of hydrogen-bond acceptors (Lipinski definition) is 3. The predicted octanol–water partition coefficient (Wildman–Crippen LogP) is -0.244. The number of amides is 1. The van der Waals surface area contributed by atoms with Crippen molar-refractivity contribution in [1.82, 2.24) is 5.32 Å². The third-order valence-corrected chi connectivity index (χ3v) is 2.54. The van der Waals surface area contributed by atoms with E-state index in [1.807, 2.05) is 0 Å². The summed E-state index contributed by atoms with van der Waals surface area (Å²) in [6.07, 6.45) is 5.03. The standard InChI is InChI=1S/C9H18N2O2/c10-8(12)6-11-7-9(13)4-2-1-3-5-9/h11,13H,1-7H2,(H2,10,12). The number of carbonyl (C=O) groups excluding carboxylic acids is 1. The van der Waals surface area contributed by atoms with Crippen molar-refractivity contribution in [2.24, 2.45) is 5.73 Å². The number of nitrogens with one attached hydrogen (secondary N) is 1. The van der Waals surface area contributed by atoms with E-state index in [-0.39, 0.29) is 12.5 Å². The third kappa shape index (κ3) is 3.74. The zero-order valence-corrected chi connectivity index (χ0v) is 7.88. The molecule has 1 amide bonds. The van der Waals surface area contributed by atoms with E-state index in [4.69, 9.17) is 5.73 Å². The highest BCUT2D eigenvalue weighted by atomic mass is 16.3. The van der Waals surface area contributed by atoms with Gasteiger partial charge in [-0.25, -0.2) is 0 Å². The van der Waals surface area contributed by atoms with Crippen LogP contribution in [0, 0.1) is 0 Å². The maximum Gasteiger partial charge on any atom is 0.231 e. The molecule has 1 aliphatic rings. The third-order valence-electron chi connectivity index (χ3n) is 2.54. The van der Waals surface area contributed by atoms with Gasteiger partial charge in [-0.15, -0.1) is 0 Å². The smallest absolute Gasteiger partial charge is 0.231 e. The zero-order chi connectivity index (χ0) is 9.73. The van der Waals surface area contributed by atoms with Crippen LogP contribution >= 0.6 is 0 Å². The van der Waals surface area contributed by atoms with Crippen molar-refractivity contribution in [3.8, 4) is 0 Å². The van der Waals surface area contributed by atoms with Crippen molar-refractivity contribution in [1.29, 1.82) is 0 Å². The van der Waals surface area contributed by atoms with Crippen molar-refractivity contribution in [3.05, 3.63) is 0 Å². The molecule has 0 aliphatic heterocycles. The van der Waals surface area contributed by atoms with E-state index in [1.54, 1.807) is 0 Å². The molecule has 0 aromatic heterocycles. The topological polar surface area (TPSA) is 75.4 Å². The van der Waals surface area contributed by atoms with Crippen LogP contribution in [0.15, 0.2) is 0 Å². The van der Waals surface area contributed by atoms with Crippen molar-refractivity contribution in [3.63, 3.8) is 0 Å². The molecule has 0 heterocycles. The highest BCUT2D eigenvalue weighted by molar-refractivity contribution is 5.75. The van der Waals surface area contributed by atoms with Gasteiger partial charge in [-0.1, -0.05) is 19.3 Å². The van der Waals surface area contributed by atoms with Crippen LogP contribution in [0.2, 0.25) is 0 Å². The number of hydrogen-bond donors (Lipinski definition) is 3. The Kier molecular flexibility index (Phi) is 3.69. The first-order valence-corrected chi connectivity index (χ1v) is 4.84. The SMILES string of the molecule is NC(=O)CNCC1(O)CCCCC1. The predicted molar refractivity (Wildman–Crippen MR) is 50.1 cm³/mol. The average molecular weight is 186 g/mol. The second kappa shape index (κ2) is 4.58. The largest absolute Gasteiger partial charge is 0.389 e. The molecule has 4 N–H and O–H groups in total. The highest BCUT2D eigenvalue weighted by Gasteiger charge is 2.28. The van der Waals surface area contributed by atoms with Gasteiger partial charge in [0.05, 0.1) is 12.1 Å². The van der Waals surface area contributed by atoms with Gasteiger partial charge in [0.1, 0.15) is 0 Å². The van der Waals surface area contributed by atoms with E-state index in [9.17, 15) is 9.90 Å². The van der Waals surface area contributed by atoms with Crippen LogP contribution < -0.4 is 11.1 Å². The molecule has 1 aliphatic carbocycles. The van der Waals surface area contributed by atoms with E-state index < -0.39 is 5.60 Å². The summed E-state index contributed by atoms with van der Waals surface area (Å²) < 4.78 is 0. The Labute approximate surface area is 78.5 Å². The number of nitrogens with two attached hydrogens (primary N) is 1. The Balaban J connectivity index is 2.21. The first kappa shape index (κ1) is 10.5. The fourth-order valence-corrected chi connectivity index (χ4v) is 1.81. The fourth-order valence-electron chi connectivity index (χ4n) is 1.81. The molecule has 1 rings (SSSR count). The number of rotatable bonds is 4. The molecule has 1 saturated carbocycles. The van der Waals surface area contributed by atoms with Gasteiger partial charge >= 0.3 is 0 Å². The molecule has 76 valence electrons. The van der Waals surface area contributed by atoms with Crippen LogP contribution in [-0.4, -0.2) is 29.7 Å². The second-order valence-corrected chi connectivity index (χ2v) is 3.85. The molecule has 13 heavy (non-hydrogen) atoms. The number of primary amides is 1. The molecule has 4 heteroatoms. The van der Waals surface area contributed by atoms with Gasteiger partial charge in [-0.3, -0.25) is 4.79 Å². The Morgan fingerprint density at radius 3 is 2.54 bits per heavy atom. The first-order chi connectivity index (χ1) is 6.12. The lowest BCUT2D eigenvalue weighted by Gasteiger charge is -2.32. The second-order valence-electron chi connectivity index (χ2n) is 3.85. The summed E-state index contributed by atoms with van der Waals surface area (Å²) in [7, 11) is 0. The van der Waals surface area contributed by atoms with Crippen LogP contribution in [0.1, 0.15) is 32.1 Å². The summed E-state index contributed by atoms with van der Waals surface area (Å²) in [5.74, 6) is -0.376. The minimum Gasteiger partial charge on any atom is -0.389 e. The van der Waals surface area contributed by atoms with E-state index >= 15 is 0 Å². The van der Waals surface area contributed by atoms with Gasteiger partial charge in [0.2, 0.25) is 5.91 Å². The number of carbonyl (C=O) groups is 1. The molecule has 0 spiro atoms. The molecular formula is C9H18N2O2. The summed E-state index contributed by atoms with van der Waals surface area (Å²) in [4.78, 5) is 10.4. The van der Waals surface area contributed by atoms with Gasteiger partial charge in [0.15, 0.2) is 0 Å². The molecule has 0 bridgehead atoms. The van der Waals surface area contributed by atoms with Crippen LogP contribution in [0.25, 0.3) is 0 Å². The molecular weight excluding hydrogens is 168 g/mol. The molecule has 0 atom stereocenters. The summed E-state index contributed by atoms with van der Waals surface area (Å²) in [6.45, 7) is 0.637. The summed E-state index contributed by atoms with van der Waals surface area (Å²) in [5.41, 5.74) is 4.36. The van der Waals surface area contributed by atoms with Crippen molar-refractivity contribution < 1.29 is 9.90 Å². The Morgan fingerprint density at radius 2 is 2.00 bits per heavy atom. The minimum absolute atomic E-state index is 0.155. The van der Waals surface area contributed by atoms with E-state index in [0.29, 0.717) is 6.54 Å². The minimum atomic E-state index is -0.603. The Hall–Kier alpha value is -0.610. The molecule has 0 unspecified atom stereocenters. The maximum absolute atomic E-state index is 10.4. The summed E-state index contributed by atoms with van der Waals surface area (Å²) in [5, 5.41) is 12.8. The molecule has 0 aromatic carbocycles. The molecule has 1 fully saturated rings. The molecule has 4 nitrogen and oxygen atoms in total. The molecule has 0 radical (unpaired) electrons. The normalized spacial score (nSPS) is 21.3. The maximum atomic E-state index is 10.4. The van der Waals surface area contributed by atoms with Gasteiger partial charge < -0.3 is 16.2 Å². The van der Waals surface area contributed by atoms with Gasteiger partial charge in [0, 0.05) is 6.54 Å². The summed E-state index contributed by atoms with van der Waals surface area (Å²) in [6, 6.07) is 0. The monoisotopic (exact) mass is 186 g/mol. The van der Waals surface area contributed by atoms with Crippen molar-refractivity contribution in [2.75, 3.05) is 13.1 Å². The Bertz CT molecular complexity index is 176. The summed E-state index contributed by atoms with van der Waals surface area (Å²) >= 11 is 0. The fraction of sp³-hybridized carbons (Fsp3) is 0.889. The van der Waals surface area contributed by atoms with E-state index in [2.05, 4.69) is 5.32 Å². The quantitative estimate of drug-likeness (QED) is 0.567. The average Bonchev–Trinajstić information content (AvgIpc) is 2.04. The zero-order valence-electron chi connectivity index (χ0n) is 7.88. The Morgan fingerprint density at radius 1 is 1.38 bits per heavy atom.